The van der Waals surface area contributed by atoms with Crippen LogP contribution in [0.25, 0.3) is 0 Å². The fraction of sp³-hybridized carbons (Fsp3) is 0.368. The van der Waals surface area contributed by atoms with Crippen molar-refractivity contribution in [3.8, 4) is 17.4 Å². The van der Waals surface area contributed by atoms with Gasteiger partial charge in [-0.2, -0.15) is 13.2 Å². The highest BCUT2D eigenvalue weighted by molar-refractivity contribution is 6.32. The van der Waals surface area contributed by atoms with Crippen LogP contribution in [0.5, 0.6) is 17.4 Å². The zero-order chi connectivity index (χ0) is 21.2. The number of amides is 1. The van der Waals surface area contributed by atoms with E-state index in [-0.39, 0.29) is 10.6 Å². The maximum absolute atomic E-state index is 12.6. The van der Waals surface area contributed by atoms with Crippen LogP contribution in [0, 0.1) is 0 Å². The molecule has 0 bridgehead atoms. The summed E-state index contributed by atoms with van der Waals surface area (Å²) in [4.78, 5) is 16.3. The number of ether oxygens (including phenoxy) is 3. The Bertz CT molecular complexity index is 919. The van der Waals surface area contributed by atoms with Crippen LogP contribution in [0.3, 0.4) is 0 Å². The molecule has 0 fully saturated rings. The molecule has 1 aliphatic rings. The fourth-order valence-electron chi connectivity index (χ4n) is 2.67. The minimum absolute atomic E-state index is 0.0833. The summed E-state index contributed by atoms with van der Waals surface area (Å²) in [6.07, 6.45) is -3.42. The number of fused-ring (bicyclic) bond motifs is 1. The summed E-state index contributed by atoms with van der Waals surface area (Å²) in [6, 6.07) is 6.57. The first-order valence-corrected chi connectivity index (χ1v) is 9.01. The fourth-order valence-corrected chi connectivity index (χ4v) is 2.89. The van der Waals surface area contributed by atoms with Crippen molar-refractivity contribution in [2.45, 2.75) is 25.6 Å². The first-order chi connectivity index (χ1) is 13.5. The van der Waals surface area contributed by atoms with E-state index in [2.05, 4.69) is 15.0 Å². The lowest BCUT2D eigenvalue weighted by Gasteiger charge is -2.28. The molecule has 0 unspecified atom stereocenters. The van der Waals surface area contributed by atoms with Crippen molar-refractivity contribution in [3.63, 3.8) is 0 Å². The van der Waals surface area contributed by atoms with Crippen LogP contribution in [0.1, 0.15) is 29.8 Å². The number of pyridine rings is 1. The Morgan fingerprint density at radius 3 is 2.55 bits per heavy atom. The first kappa shape index (κ1) is 21.0. The lowest BCUT2D eigenvalue weighted by atomic mass is 9.93. The van der Waals surface area contributed by atoms with Crippen molar-refractivity contribution in [2.24, 2.45) is 0 Å². The van der Waals surface area contributed by atoms with Crippen LogP contribution in [-0.4, -0.2) is 36.9 Å². The molecule has 6 nitrogen and oxygen atoms in total. The topological polar surface area (TPSA) is 69.7 Å². The number of rotatable bonds is 5. The van der Waals surface area contributed by atoms with Crippen LogP contribution in [-0.2, 0) is 5.54 Å². The Kier molecular flexibility index (Phi) is 5.79. The number of halogens is 4. The van der Waals surface area contributed by atoms with E-state index < -0.39 is 30.1 Å². The van der Waals surface area contributed by atoms with Crippen molar-refractivity contribution in [3.05, 3.63) is 46.6 Å². The van der Waals surface area contributed by atoms with E-state index in [1.165, 1.54) is 6.07 Å². The monoisotopic (exact) mass is 430 g/mol. The molecule has 3 rings (SSSR count). The predicted octanol–water partition coefficient (Wildman–Crippen LogP) is 4.11. The smallest absolute Gasteiger partial charge is 0.422 e. The van der Waals surface area contributed by atoms with Gasteiger partial charge in [-0.15, -0.1) is 0 Å². The normalized spacial score (nSPS) is 13.7. The lowest BCUT2D eigenvalue weighted by molar-refractivity contribution is -0.154. The van der Waals surface area contributed by atoms with Crippen LogP contribution in [0.15, 0.2) is 30.5 Å². The van der Waals surface area contributed by atoms with E-state index in [0.717, 1.165) is 11.8 Å². The quantitative estimate of drug-likeness (QED) is 0.773. The molecule has 10 heteroatoms. The molecule has 1 aliphatic heterocycles. The maximum Gasteiger partial charge on any atom is 0.422 e. The molecule has 156 valence electrons. The molecule has 1 amide bonds. The van der Waals surface area contributed by atoms with Crippen molar-refractivity contribution >= 4 is 17.5 Å². The number of carbonyl (C=O) groups excluding carboxylic acids is 1. The molecule has 0 radical (unpaired) electrons. The molecule has 0 atom stereocenters. The van der Waals surface area contributed by atoms with Gasteiger partial charge in [-0.05, 0) is 37.6 Å². The second kappa shape index (κ2) is 7.98. The third-order valence-corrected chi connectivity index (χ3v) is 4.40. The average Bonchev–Trinajstić information content (AvgIpc) is 2.65. The Hall–Kier alpha value is -2.68. The molecule has 0 spiro atoms. The number of hydrogen-bond acceptors (Lipinski definition) is 5. The van der Waals surface area contributed by atoms with Gasteiger partial charge in [0, 0.05) is 6.20 Å². The average molecular weight is 431 g/mol. The van der Waals surface area contributed by atoms with Gasteiger partial charge < -0.3 is 19.5 Å². The van der Waals surface area contributed by atoms with Gasteiger partial charge in [0.05, 0.1) is 11.1 Å². The molecule has 1 N–H and O–H groups in total. The molecule has 1 aromatic carbocycles. The minimum atomic E-state index is -4.52. The standard InChI is InChI=1S/C19H18ClF3N2O4/c1-18(2,12-3-4-14-15(8-12)28-6-5-27-14)25-16(26)11-7-13(20)17(24-9-11)29-10-19(21,22)23/h3-4,7-9H,5-6,10H2,1-2H3,(H,25,26). The second-order valence-electron chi connectivity index (χ2n) is 6.85. The largest absolute Gasteiger partial charge is 0.486 e. The molecular formula is C19H18ClF3N2O4. The molecule has 29 heavy (non-hydrogen) atoms. The van der Waals surface area contributed by atoms with Gasteiger partial charge in [0.25, 0.3) is 5.91 Å². The van der Waals surface area contributed by atoms with Crippen LogP contribution >= 0.6 is 11.6 Å². The highest BCUT2D eigenvalue weighted by Gasteiger charge is 2.30. The number of nitrogens with one attached hydrogen (secondary N) is 1. The van der Waals surface area contributed by atoms with E-state index in [4.69, 9.17) is 21.1 Å². The van der Waals surface area contributed by atoms with E-state index >= 15 is 0 Å². The Balaban J connectivity index is 1.72. The van der Waals surface area contributed by atoms with Crippen LogP contribution in [0.4, 0.5) is 13.2 Å². The van der Waals surface area contributed by atoms with Gasteiger partial charge in [-0.3, -0.25) is 4.79 Å². The minimum Gasteiger partial charge on any atom is -0.486 e. The van der Waals surface area contributed by atoms with E-state index in [1.807, 2.05) is 6.07 Å². The van der Waals surface area contributed by atoms with E-state index in [9.17, 15) is 18.0 Å². The molecule has 0 aliphatic carbocycles. The Morgan fingerprint density at radius 2 is 1.90 bits per heavy atom. The Morgan fingerprint density at radius 1 is 1.21 bits per heavy atom. The van der Waals surface area contributed by atoms with Gasteiger partial charge in [0.1, 0.15) is 18.2 Å². The number of carbonyl (C=O) groups is 1. The van der Waals surface area contributed by atoms with Gasteiger partial charge in [-0.1, -0.05) is 17.7 Å². The van der Waals surface area contributed by atoms with Gasteiger partial charge in [0.2, 0.25) is 5.88 Å². The molecule has 0 saturated heterocycles. The highest BCUT2D eigenvalue weighted by Crippen LogP contribution is 2.34. The zero-order valence-electron chi connectivity index (χ0n) is 15.6. The maximum atomic E-state index is 12.6. The Labute approximate surface area is 169 Å². The third-order valence-electron chi connectivity index (χ3n) is 4.13. The number of alkyl halides is 3. The summed E-state index contributed by atoms with van der Waals surface area (Å²) in [5.74, 6) is 0.327. The lowest BCUT2D eigenvalue weighted by Crippen LogP contribution is -2.41. The van der Waals surface area contributed by atoms with Crippen LogP contribution < -0.4 is 19.5 Å². The van der Waals surface area contributed by atoms with Crippen LogP contribution in [0.2, 0.25) is 5.02 Å². The van der Waals surface area contributed by atoms with Crippen molar-refractivity contribution in [1.82, 2.24) is 10.3 Å². The molecule has 2 heterocycles. The molecular weight excluding hydrogens is 413 g/mol. The zero-order valence-corrected chi connectivity index (χ0v) is 16.4. The molecule has 2 aromatic rings. The summed E-state index contributed by atoms with van der Waals surface area (Å²) >= 11 is 5.90. The summed E-state index contributed by atoms with van der Waals surface area (Å²) in [6.45, 7) is 2.99. The first-order valence-electron chi connectivity index (χ1n) is 8.63. The van der Waals surface area contributed by atoms with Crippen molar-refractivity contribution in [2.75, 3.05) is 19.8 Å². The summed E-state index contributed by atoms with van der Waals surface area (Å²) < 4.78 is 52.4. The van der Waals surface area contributed by atoms with Crippen molar-refractivity contribution in [1.29, 1.82) is 0 Å². The van der Waals surface area contributed by atoms with Crippen molar-refractivity contribution < 1.29 is 32.2 Å². The highest BCUT2D eigenvalue weighted by atomic mass is 35.5. The number of hydrogen-bond donors (Lipinski definition) is 1. The second-order valence-corrected chi connectivity index (χ2v) is 7.26. The van der Waals surface area contributed by atoms with E-state index in [0.29, 0.717) is 24.7 Å². The van der Waals surface area contributed by atoms with Gasteiger partial charge >= 0.3 is 6.18 Å². The molecule has 1 aromatic heterocycles. The summed E-state index contributed by atoms with van der Waals surface area (Å²) in [5.41, 5.74) is 0.0736. The number of nitrogens with zero attached hydrogens (tertiary/aromatic N) is 1. The summed E-state index contributed by atoms with van der Waals surface area (Å²) in [5, 5.41) is 2.65. The van der Waals surface area contributed by atoms with Gasteiger partial charge in [0.15, 0.2) is 18.1 Å². The third kappa shape index (κ3) is 5.23. The number of aromatic nitrogens is 1. The summed E-state index contributed by atoms with van der Waals surface area (Å²) in [7, 11) is 0. The van der Waals surface area contributed by atoms with Gasteiger partial charge in [-0.25, -0.2) is 4.98 Å². The predicted molar refractivity (Wildman–Crippen MR) is 98.7 cm³/mol. The molecule has 0 saturated carbocycles. The SMILES string of the molecule is CC(C)(NC(=O)c1cnc(OCC(F)(F)F)c(Cl)c1)c1ccc2c(c1)OCCO2. The number of benzene rings is 1. The van der Waals surface area contributed by atoms with E-state index in [1.54, 1.807) is 26.0 Å².